The van der Waals surface area contributed by atoms with Gasteiger partial charge in [0.05, 0.1) is 21.4 Å². The van der Waals surface area contributed by atoms with Crippen LogP contribution >= 0.6 is 23.2 Å². The molecule has 1 fully saturated rings. The Morgan fingerprint density at radius 3 is 2.24 bits per heavy atom. The molecular weight excluding hydrogens is 467 g/mol. The average Bonchev–Trinajstić information content (AvgIpc) is 3.32. The van der Waals surface area contributed by atoms with E-state index < -0.39 is 0 Å². The van der Waals surface area contributed by atoms with Crippen molar-refractivity contribution < 1.29 is 4.79 Å². The molecule has 5 rings (SSSR count). The predicted octanol–water partition coefficient (Wildman–Crippen LogP) is 6.12. The highest BCUT2D eigenvalue weighted by Crippen LogP contribution is 2.28. The highest BCUT2D eigenvalue weighted by atomic mass is 35.5. The van der Waals surface area contributed by atoms with Crippen LogP contribution in [0.2, 0.25) is 10.0 Å². The average molecular weight is 491 g/mol. The summed E-state index contributed by atoms with van der Waals surface area (Å²) in [6.45, 7) is 4.96. The van der Waals surface area contributed by atoms with E-state index in [1.54, 1.807) is 16.8 Å². The number of hydrogen-bond donors (Lipinski definition) is 0. The van der Waals surface area contributed by atoms with Gasteiger partial charge in [-0.1, -0.05) is 71.7 Å². The van der Waals surface area contributed by atoms with Gasteiger partial charge in [0.2, 0.25) is 0 Å². The van der Waals surface area contributed by atoms with Crippen molar-refractivity contribution in [2.45, 2.75) is 6.92 Å². The van der Waals surface area contributed by atoms with Gasteiger partial charge in [0, 0.05) is 37.4 Å². The van der Waals surface area contributed by atoms with E-state index in [0.717, 1.165) is 24.3 Å². The SMILES string of the molecule is Cc1ccccc1N1CCN(C(=O)c2cc(-c3ccccc3)nn2-c2ccc(Cl)c(Cl)c2)CC1. The Morgan fingerprint density at radius 1 is 0.824 bits per heavy atom. The van der Waals surface area contributed by atoms with Gasteiger partial charge in [-0.2, -0.15) is 5.10 Å². The molecule has 172 valence electrons. The fourth-order valence-corrected chi connectivity index (χ4v) is 4.62. The Hall–Kier alpha value is -3.28. The van der Waals surface area contributed by atoms with Gasteiger partial charge >= 0.3 is 0 Å². The summed E-state index contributed by atoms with van der Waals surface area (Å²) in [6.07, 6.45) is 0. The summed E-state index contributed by atoms with van der Waals surface area (Å²) in [5.41, 5.74) is 5.34. The fourth-order valence-electron chi connectivity index (χ4n) is 4.33. The number of nitrogens with zero attached hydrogens (tertiary/aromatic N) is 4. The van der Waals surface area contributed by atoms with E-state index in [-0.39, 0.29) is 5.91 Å². The van der Waals surface area contributed by atoms with Gasteiger partial charge in [0.25, 0.3) is 5.91 Å². The molecule has 4 aromatic rings. The largest absolute Gasteiger partial charge is 0.368 e. The van der Waals surface area contributed by atoms with E-state index in [0.29, 0.717) is 34.5 Å². The molecule has 2 heterocycles. The van der Waals surface area contributed by atoms with Crippen LogP contribution in [0.3, 0.4) is 0 Å². The van der Waals surface area contributed by atoms with Gasteiger partial charge in [0.15, 0.2) is 0 Å². The van der Waals surface area contributed by atoms with Gasteiger partial charge in [-0.25, -0.2) is 4.68 Å². The second-order valence-electron chi connectivity index (χ2n) is 8.36. The summed E-state index contributed by atoms with van der Waals surface area (Å²) >= 11 is 12.4. The van der Waals surface area contributed by atoms with E-state index in [1.165, 1.54) is 11.3 Å². The van der Waals surface area contributed by atoms with Crippen LogP contribution in [0.1, 0.15) is 16.1 Å². The molecule has 1 aromatic heterocycles. The first-order valence-corrected chi connectivity index (χ1v) is 12.0. The molecule has 1 saturated heterocycles. The summed E-state index contributed by atoms with van der Waals surface area (Å²) in [5, 5.41) is 5.65. The van der Waals surface area contributed by atoms with Crippen molar-refractivity contribution in [3.63, 3.8) is 0 Å². The zero-order valence-electron chi connectivity index (χ0n) is 18.8. The lowest BCUT2D eigenvalue weighted by atomic mass is 10.1. The molecule has 0 saturated carbocycles. The summed E-state index contributed by atoms with van der Waals surface area (Å²) in [4.78, 5) is 17.9. The number of halogens is 2. The number of rotatable bonds is 4. The molecule has 1 aliphatic rings. The van der Waals surface area contributed by atoms with Crippen LogP contribution in [0.5, 0.6) is 0 Å². The normalized spacial score (nSPS) is 13.9. The van der Waals surface area contributed by atoms with Crippen LogP contribution in [-0.2, 0) is 0 Å². The van der Waals surface area contributed by atoms with Crippen LogP contribution in [-0.4, -0.2) is 46.8 Å². The first kappa shape index (κ1) is 22.5. The van der Waals surface area contributed by atoms with E-state index in [4.69, 9.17) is 28.3 Å². The molecule has 1 aliphatic heterocycles. The second kappa shape index (κ2) is 9.53. The highest BCUT2D eigenvalue weighted by Gasteiger charge is 2.27. The van der Waals surface area contributed by atoms with E-state index >= 15 is 0 Å². The first-order chi connectivity index (χ1) is 16.5. The molecule has 0 N–H and O–H groups in total. The number of aryl methyl sites for hydroxylation is 1. The molecule has 1 amide bonds. The lowest BCUT2D eigenvalue weighted by Gasteiger charge is -2.36. The summed E-state index contributed by atoms with van der Waals surface area (Å²) in [7, 11) is 0. The van der Waals surface area contributed by atoms with Crippen molar-refractivity contribution >= 4 is 34.8 Å². The molecule has 0 aliphatic carbocycles. The molecule has 7 heteroatoms. The molecule has 5 nitrogen and oxygen atoms in total. The van der Waals surface area contributed by atoms with Gasteiger partial charge < -0.3 is 9.80 Å². The van der Waals surface area contributed by atoms with Crippen LogP contribution < -0.4 is 4.90 Å². The molecule has 0 bridgehead atoms. The van der Waals surface area contributed by atoms with Crippen molar-refractivity contribution in [1.82, 2.24) is 14.7 Å². The maximum atomic E-state index is 13.7. The Bertz CT molecular complexity index is 1330. The van der Waals surface area contributed by atoms with Crippen LogP contribution in [0, 0.1) is 6.92 Å². The molecule has 0 spiro atoms. The fraction of sp³-hybridized carbons (Fsp3) is 0.185. The molecule has 0 unspecified atom stereocenters. The van der Waals surface area contributed by atoms with E-state index in [2.05, 4.69) is 30.0 Å². The zero-order chi connectivity index (χ0) is 23.7. The summed E-state index contributed by atoms with van der Waals surface area (Å²) in [5.74, 6) is -0.0508. The molecule has 34 heavy (non-hydrogen) atoms. The minimum Gasteiger partial charge on any atom is -0.368 e. The third-order valence-electron chi connectivity index (χ3n) is 6.17. The number of para-hydroxylation sites is 1. The number of anilines is 1. The molecular formula is C27H24Cl2N4O. The second-order valence-corrected chi connectivity index (χ2v) is 9.17. The third kappa shape index (κ3) is 4.41. The number of carbonyl (C=O) groups excluding carboxylic acids is 1. The Balaban J connectivity index is 1.45. The topological polar surface area (TPSA) is 41.4 Å². The van der Waals surface area contributed by atoms with Crippen molar-refractivity contribution in [1.29, 1.82) is 0 Å². The van der Waals surface area contributed by atoms with E-state index in [1.807, 2.05) is 53.4 Å². The summed E-state index contributed by atoms with van der Waals surface area (Å²) in [6, 6.07) is 25.3. The Kier molecular flexibility index (Phi) is 6.31. The maximum Gasteiger partial charge on any atom is 0.272 e. The highest BCUT2D eigenvalue weighted by molar-refractivity contribution is 6.42. The number of amides is 1. The predicted molar refractivity (Wildman–Crippen MR) is 138 cm³/mol. The molecule has 3 aromatic carbocycles. The number of carbonyl (C=O) groups is 1. The van der Waals surface area contributed by atoms with E-state index in [9.17, 15) is 4.79 Å². The third-order valence-corrected chi connectivity index (χ3v) is 6.91. The van der Waals surface area contributed by atoms with Crippen LogP contribution in [0.15, 0.2) is 78.9 Å². The van der Waals surface area contributed by atoms with Crippen molar-refractivity contribution in [2.75, 3.05) is 31.1 Å². The van der Waals surface area contributed by atoms with Gasteiger partial charge in [-0.05, 0) is 42.8 Å². The standard InChI is InChI=1S/C27H24Cl2N4O/c1-19-7-5-6-10-25(19)31-13-15-32(16-14-31)27(34)26-18-24(20-8-3-2-4-9-20)30-33(26)21-11-12-22(28)23(29)17-21/h2-12,17-18H,13-16H2,1H3. The zero-order valence-corrected chi connectivity index (χ0v) is 20.3. The van der Waals surface area contributed by atoms with Crippen molar-refractivity contribution in [2.24, 2.45) is 0 Å². The Labute approximate surface area is 209 Å². The summed E-state index contributed by atoms with van der Waals surface area (Å²) < 4.78 is 1.67. The lowest BCUT2D eigenvalue weighted by molar-refractivity contribution is 0.0737. The minimum absolute atomic E-state index is 0.0508. The van der Waals surface area contributed by atoms with Crippen LogP contribution in [0.25, 0.3) is 16.9 Å². The quantitative estimate of drug-likeness (QED) is 0.346. The first-order valence-electron chi connectivity index (χ1n) is 11.2. The number of aromatic nitrogens is 2. The minimum atomic E-state index is -0.0508. The van der Waals surface area contributed by atoms with Crippen molar-refractivity contribution in [3.05, 3.63) is 100 Å². The van der Waals surface area contributed by atoms with Gasteiger partial charge in [0.1, 0.15) is 5.69 Å². The number of hydrogen-bond acceptors (Lipinski definition) is 3. The number of benzene rings is 3. The van der Waals surface area contributed by atoms with Gasteiger partial charge in [-0.3, -0.25) is 4.79 Å². The smallest absolute Gasteiger partial charge is 0.272 e. The van der Waals surface area contributed by atoms with Crippen LogP contribution in [0.4, 0.5) is 5.69 Å². The lowest BCUT2D eigenvalue weighted by Crippen LogP contribution is -2.49. The maximum absolute atomic E-state index is 13.7. The molecule has 0 radical (unpaired) electrons. The van der Waals surface area contributed by atoms with Crippen molar-refractivity contribution in [3.8, 4) is 16.9 Å². The monoisotopic (exact) mass is 490 g/mol. The Morgan fingerprint density at radius 2 is 1.53 bits per heavy atom. The molecule has 0 atom stereocenters. The van der Waals surface area contributed by atoms with Gasteiger partial charge in [-0.15, -0.1) is 0 Å². The number of piperazine rings is 1.